The van der Waals surface area contributed by atoms with E-state index in [-0.39, 0.29) is 0 Å². The van der Waals surface area contributed by atoms with Crippen LogP contribution >= 0.6 is 0 Å². The summed E-state index contributed by atoms with van der Waals surface area (Å²) in [5.74, 6) is 4.08. The predicted molar refractivity (Wildman–Crippen MR) is 144 cm³/mol. The fraction of sp³-hybridized carbons (Fsp3) is 0.367. The fourth-order valence-electron chi connectivity index (χ4n) is 3.81. The van der Waals surface area contributed by atoms with Gasteiger partial charge in [-0.15, -0.1) is 6.42 Å². The number of hydrogen-bond acceptors (Lipinski definition) is 2. The van der Waals surface area contributed by atoms with Gasteiger partial charge in [0.05, 0.1) is 6.20 Å². The molecule has 174 valence electrons. The van der Waals surface area contributed by atoms with E-state index < -0.39 is 0 Å². The molecule has 1 atom stereocenters. The molecule has 3 nitrogen and oxygen atoms in total. The molecule has 1 N–H and O–H groups in total. The normalized spacial score (nSPS) is 13.2. The van der Waals surface area contributed by atoms with Gasteiger partial charge in [0.15, 0.2) is 0 Å². The number of hydrogen-bond donors (Lipinski definition) is 1. The maximum Gasteiger partial charge on any atom is 0.128 e. The van der Waals surface area contributed by atoms with E-state index in [9.17, 15) is 0 Å². The molecule has 33 heavy (non-hydrogen) atoms. The van der Waals surface area contributed by atoms with Gasteiger partial charge in [0.2, 0.25) is 0 Å². The van der Waals surface area contributed by atoms with E-state index in [1.165, 1.54) is 16.7 Å². The van der Waals surface area contributed by atoms with Gasteiger partial charge in [0, 0.05) is 12.2 Å². The van der Waals surface area contributed by atoms with E-state index in [0.29, 0.717) is 5.92 Å². The van der Waals surface area contributed by atoms with Gasteiger partial charge in [-0.2, -0.15) is 5.10 Å². The Hall–Kier alpha value is -3.25. The third kappa shape index (κ3) is 8.31. The average Bonchev–Trinajstić information content (AvgIpc) is 3.10. The zero-order valence-electron chi connectivity index (χ0n) is 21.0. The Labute approximate surface area is 201 Å². The van der Waals surface area contributed by atoms with Crippen LogP contribution in [0.2, 0.25) is 0 Å². The Morgan fingerprint density at radius 3 is 2.64 bits per heavy atom. The van der Waals surface area contributed by atoms with E-state index in [2.05, 4.69) is 100 Å². The molecule has 0 bridgehead atoms. The zero-order valence-corrected chi connectivity index (χ0v) is 21.0. The maximum absolute atomic E-state index is 5.34. The van der Waals surface area contributed by atoms with E-state index in [1.54, 1.807) is 0 Å². The summed E-state index contributed by atoms with van der Waals surface area (Å²) in [5, 5.41) is 8.19. The Morgan fingerprint density at radius 2 is 1.97 bits per heavy atom. The smallest absolute Gasteiger partial charge is 0.128 e. The minimum absolute atomic E-state index is 0.515. The second-order valence-corrected chi connectivity index (χ2v) is 8.88. The summed E-state index contributed by atoms with van der Waals surface area (Å²) >= 11 is 0. The first-order chi connectivity index (χ1) is 15.8. The lowest BCUT2D eigenvalue weighted by Crippen LogP contribution is -2.20. The van der Waals surface area contributed by atoms with Crippen molar-refractivity contribution >= 4 is 11.4 Å². The molecule has 0 fully saturated rings. The van der Waals surface area contributed by atoms with E-state index in [1.807, 2.05) is 17.0 Å². The molecule has 0 radical (unpaired) electrons. The lowest BCUT2D eigenvalue weighted by molar-refractivity contribution is 0.673. The molecule has 0 aliphatic carbocycles. The van der Waals surface area contributed by atoms with Crippen LogP contribution in [0.1, 0.15) is 61.9 Å². The average molecular weight is 442 g/mol. The van der Waals surface area contributed by atoms with Gasteiger partial charge in [-0.05, 0) is 93.7 Å². The highest BCUT2D eigenvalue weighted by Gasteiger charge is 2.09. The second-order valence-electron chi connectivity index (χ2n) is 8.88. The van der Waals surface area contributed by atoms with Crippen LogP contribution in [-0.2, 0) is 0 Å². The van der Waals surface area contributed by atoms with Gasteiger partial charge in [-0.3, -0.25) is 0 Å². The molecule has 1 aromatic carbocycles. The van der Waals surface area contributed by atoms with Gasteiger partial charge in [-0.25, -0.2) is 4.68 Å². The molecule has 1 heterocycles. The molecule has 2 aromatic rings. The summed E-state index contributed by atoms with van der Waals surface area (Å²) in [6.07, 6.45) is 20.1. The summed E-state index contributed by atoms with van der Waals surface area (Å²) in [6.45, 7) is 15.8. The van der Waals surface area contributed by atoms with Crippen LogP contribution in [0.15, 0.2) is 66.9 Å². The van der Waals surface area contributed by atoms with E-state index in [4.69, 9.17) is 6.42 Å². The molecule has 3 heteroatoms. The molecular weight excluding hydrogens is 402 g/mol. The minimum atomic E-state index is 0.515. The van der Waals surface area contributed by atoms with Crippen molar-refractivity contribution < 1.29 is 0 Å². The van der Waals surface area contributed by atoms with Crippen molar-refractivity contribution in [2.45, 2.75) is 60.3 Å². The fourth-order valence-corrected chi connectivity index (χ4v) is 3.81. The van der Waals surface area contributed by atoms with Crippen LogP contribution in [0.4, 0.5) is 0 Å². The molecule has 0 aliphatic rings. The molecule has 1 aromatic heterocycles. The SMILES string of the molecule is C#C/C=C(/C)CC(C)/C=C/CCCCN/C(=C/C(=C)c1ccccc1C)n1ncc(C)c1C. The lowest BCUT2D eigenvalue weighted by atomic mass is 10.0. The lowest BCUT2D eigenvalue weighted by Gasteiger charge is -2.15. The first-order valence-electron chi connectivity index (χ1n) is 11.8. The summed E-state index contributed by atoms with van der Waals surface area (Å²) in [5.41, 5.74) is 6.93. The van der Waals surface area contributed by atoms with Crippen LogP contribution in [0.3, 0.4) is 0 Å². The number of rotatable bonds is 12. The van der Waals surface area contributed by atoms with Gasteiger partial charge in [0.1, 0.15) is 5.82 Å². The third-order valence-corrected chi connectivity index (χ3v) is 5.83. The molecule has 2 rings (SSSR count). The van der Waals surface area contributed by atoms with Crippen LogP contribution in [0.5, 0.6) is 0 Å². The van der Waals surface area contributed by atoms with Crippen molar-refractivity contribution in [3.8, 4) is 12.3 Å². The summed E-state index contributed by atoms with van der Waals surface area (Å²) in [7, 11) is 0. The number of allylic oxidation sites excluding steroid dienone is 6. The van der Waals surface area contributed by atoms with Gasteiger partial charge in [-0.1, -0.05) is 61.4 Å². The number of nitrogens with zero attached hydrogens (tertiary/aromatic N) is 2. The molecule has 0 amide bonds. The van der Waals surface area contributed by atoms with Crippen LogP contribution < -0.4 is 5.32 Å². The molecule has 0 saturated carbocycles. The highest BCUT2D eigenvalue weighted by molar-refractivity contribution is 5.79. The van der Waals surface area contributed by atoms with Crippen molar-refractivity contribution in [3.05, 3.63) is 89.3 Å². The van der Waals surface area contributed by atoms with E-state index >= 15 is 0 Å². The zero-order chi connectivity index (χ0) is 24.2. The standard InChI is InChI=1S/C30H39N3/c1-8-15-23(2)20-24(3)16-11-9-10-14-19-31-30(33-28(7)27(6)22-32-33)21-26(5)29-18-13-12-17-25(29)4/h1,11-13,15-18,21-22,24,31H,5,9-10,14,19-20H2,2-4,6-7H3/b16-11+,23-15-,30-21-. The second kappa shape index (κ2) is 13.3. The Balaban J connectivity index is 1.94. The number of terminal acetylenes is 1. The van der Waals surface area contributed by atoms with Crippen LogP contribution in [0, 0.1) is 39.0 Å². The summed E-state index contributed by atoms with van der Waals surface area (Å²) in [4.78, 5) is 0. The first kappa shape index (κ1) is 26.0. The number of aromatic nitrogens is 2. The van der Waals surface area contributed by atoms with Crippen molar-refractivity contribution in [1.29, 1.82) is 0 Å². The van der Waals surface area contributed by atoms with Gasteiger partial charge >= 0.3 is 0 Å². The monoisotopic (exact) mass is 441 g/mol. The van der Waals surface area contributed by atoms with Crippen molar-refractivity contribution in [3.63, 3.8) is 0 Å². The quantitative estimate of drug-likeness (QED) is 0.163. The first-order valence-corrected chi connectivity index (χ1v) is 11.8. The minimum Gasteiger partial charge on any atom is -0.370 e. The molecule has 0 spiro atoms. The highest BCUT2D eigenvalue weighted by Crippen LogP contribution is 2.21. The number of benzene rings is 1. The topological polar surface area (TPSA) is 29.9 Å². The molecule has 0 aliphatic heterocycles. The summed E-state index contributed by atoms with van der Waals surface area (Å²) in [6, 6.07) is 8.34. The number of aryl methyl sites for hydroxylation is 2. The van der Waals surface area contributed by atoms with Gasteiger partial charge < -0.3 is 5.32 Å². The number of nitrogens with one attached hydrogen (secondary N) is 1. The Morgan fingerprint density at radius 1 is 1.21 bits per heavy atom. The van der Waals surface area contributed by atoms with Crippen molar-refractivity contribution in [1.82, 2.24) is 15.1 Å². The third-order valence-electron chi connectivity index (χ3n) is 5.83. The number of unbranched alkanes of at least 4 members (excludes halogenated alkanes) is 2. The van der Waals surface area contributed by atoms with Gasteiger partial charge in [0.25, 0.3) is 0 Å². The predicted octanol–water partition coefficient (Wildman–Crippen LogP) is 7.24. The van der Waals surface area contributed by atoms with Crippen molar-refractivity contribution in [2.75, 3.05) is 6.54 Å². The molecular formula is C30H39N3. The van der Waals surface area contributed by atoms with Crippen LogP contribution in [0.25, 0.3) is 11.4 Å². The van der Waals surface area contributed by atoms with E-state index in [0.717, 1.165) is 54.9 Å². The maximum atomic E-state index is 5.34. The largest absolute Gasteiger partial charge is 0.370 e. The van der Waals surface area contributed by atoms with Crippen molar-refractivity contribution in [2.24, 2.45) is 5.92 Å². The molecule has 0 saturated heterocycles. The molecule has 1 unspecified atom stereocenters. The highest BCUT2D eigenvalue weighted by atomic mass is 15.3. The van der Waals surface area contributed by atoms with Crippen LogP contribution in [-0.4, -0.2) is 16.3 Å². The Kier molecular flexibility index (Phi) is 10.5. The Bertz CT molecular complexity index is 1060. The summed E-state index contributed by atoms with van der Waals surface area (Å²) < 4.78 is 1.98.